The zero-order valence-electron chi connectivity index (χ0n) is 2.96. The van der Waals surface area contributed by atoms with Gasteiger partial charge in [-0.1, -0.05) is 0 Å². The quantitative estimate of drug-likeness (QED) is 0.127. The minimum Gasteiger partial charge on any atom is -0.601 e. The summed E-state index contributed by atoms with van der Waals surface area (Å²) in [5.41, 5.74) is 0. The predicted octanol–water partition coefficient (Wildman–Crippen LogP) is -2.08. The molecule has 6 heavy (non-hydrogen) atoms. The predicted molar refractivity (Wildman–Crippen MR) is 19.4 cm³/mol. The third-order valence-electron chi connectivity index (χ3n) is 0.177. The van der Waals surface area contributed by atoms with Crippen LogP contribution >= 0.6 is 0 Å². The van der Waals surface area contributed by atoms with E-state index >= 15 is 0 Å². The highest BCUT2D eigenvalue weighted by Gasteiger charge is 1.54. The van der Waals surface area contributed by atoms with Gasteiger partial charge in [0.15, 0.2) is 0 Å². The molecule has 0 amide bonds. The first-order valence-corrected chi connectivity index (χ1v) is 1.20. The summed E-state index contributed by atoms with van der Waals surface area (Å²) in [5.74, 6) is 4.51. The Balaban J connectivity index is 3.07. The lowest BCUT2D eigenvalue weighted by molar-refractivity contribution is -0.448. The van der Waals surface area contributed by atoms with Gasteiger partial charge in [-0.15, -0.1) is 5.28 Å². The van der Waals surface area contributed by atoms with E-state index in [1.165, 1.54) is 5.28 Å². The maximum atomic E-state index is 9.13. The molecule has 0 saturated heterocycles. The molecule has 0 aliphatic carbocycles. The van der Waals surface area contributed by atoms with Crippen LogP contribution in [0.5, 0.6) is 0 Å². The first-order chi connectivity index (χ1) is 2.91. The van der Waals surface area contributed by atoms with Crippen LogP contribution in [-0.2, 0) is 0 Å². The molecule has 0 heterocycles. The van der Waals surface area contributed by atoms with E-state index in [4.69, 9.17) is 5.21 Å². The maximum Gasteiger partial charge on any atom is 0.202 e. The number of nitrogens with two attached hydrogens (primary N) is 1. The lowest BCUT2D eigenvalue weighted by atomic mass is 11.4. The third-order valence-corrected chi connectivity index (χ3v) is 0.177. The summed E-state index contributed by atoms with van der Waals surface area (Å²) in [7, 11) is 0. The lowest BCUT2D eigenvalue weighted by Crippen LogP contribution is -2.56. The van der Waals surface area contributed by atoms with Crippen molar-refractivity contribution >= 4 is 6.34 Å². The van der Waals surface area contributed by atoms with Crippen LogP contribution in [0.4, 0.5) is 0 Å². The lowest BCUT2D eigenvalue weighted by Gasteiger charge is -1.66. The van der Waals surface area contributed by atoms with E-state index in [-0.39, 0.29) is 0 Å². The summed E-state index contributed by atoms with van der Waals surface area (Å²) in [6.45, 7) is 0. The maximum absolute atomic E-state index is 9.13. The zero-order chi connectivity index (χ0) is 4.83. The molecule has 0 unspecified atom stereocenters. The van der Waals surface area contributed by atoms with Crippen LogP contribution in [0.15, 0.2) is 10.2 Å². The van der Waals surface area contributed by atoms with Crippen molar-refractivity contribution in [2.75, 3.05) is 0 Å². The highest BCUT2D eigenvalue weighted by molar-refractivity contribution is 5.52. The van der Waals surface area contributed by atoms with Crippen molar-refractivity contribution in [1.82, 2.24) is 0 Å². The van der Waals surface area contributed by atoms with E-state index in [0.717, 1.165) is 6.34 Å². The smallest absolute Gasteiger partial charge is 0.202 e. The van der Waals surface area contributed by atoms with Gasteiger partial charge in [0.05, 0.1) is 0 Å². The summed E-state index contributed by atoms with van der Waals surface area (Å²) < 4.78 is 0. The molecule has 0 radical (unpaired) electrons. The van der Waals surface area contributed by atoms with Gasteiger partial charge >= 0.3 is 0 Å². The second-order valence-electron chi connectivity index (χ2n) is 0.485. The van der Waals surface area contributed by atoms with Crippen LogP contribution in [0.1, 0.15) is 0 Å². The molecule has 0 saturated carbocycles. The number of hydrogen-bond acceptors (Lipinski definition) is 3. The van der Waals surface area contributed by atoms with Crippen molar-refractivity contribution in [3.63, 3.8) is 0 Å². The zero-order valence-corrected chi connectivity index (χ0v) is 2.96. The number of nitrogens with zero attached hydrogens (tertiary/aromatic N) is 2. The van der Waals surface area contributed by atoms with Gasteiger partial charge in [-0.05, 0) is 0 Å². The first kappa shape index (κ1) is 4.87. The molecule has 0 spiro atoms. The largest absolute Gasteiger partial charge is 0.601 e. The van der Waals surface area contributed by atoms with E-state index in [1.54, 1.807) is 0 Å². The summed E-state index contributed by atoms with van der Waals surface area (Å²) in [4.78, 5) is 0. The second-order valence-corrected chi connectivity index (χ2v) is 0.485. The van der Waals surface area contributed by atoms with Crippen molar-refractivity contribution in [3.8, 4) is 0 Å². The molecular formula is CH4N4O. The monoisotopic (exact) mass is 88.0 g/mol. The van der Waals surface area contributed by atoms with Gasteiger partial charge in [-0.25, -0.2) is 0 Å². The highest BCUT2D eigenvalue weighted by Crippen LogP contribution is 1.38. The Morgan fingerprint density at radius 1 is 1.83 bits per heavy atom. The minimum atomic E-state index is 0.910. The molecule has 0 aromatic heterocycles. The Kier molecular flexibility index (Phi) is 3.14. The van der Waals surface area contributed by atoms with Crippen LogP contribution in [0.2, 0.25) is 0 Å². The van der Waals surface area contributed by atoms with Gasteiger partial charge < -0.3 is 11.0 Å². The minimum absolute atomic E-state index is 0.910. The van der Waals surface area contributed by atoms with Crippen molar-refractivity contribution in [1.29, 1.82) is 0 Å². The number of hydrogen-bond donors (Lipinski definition) is 2. The van der Waals surface area contributed by atoms with Gasteiger partial charge in [0.25, 0.3) is 0 Å². The molecule has 3 N–H and O–H groups in total. The van der Waals surface area contributed by atoms with Crippen molar-refractivity contribution in [3.05, 3.63) is 5.21 Å². The van der Waals surface area contributed by atoms with Crippen LogP contribution in [0.25, 0.3) is 0 Å². The summed E-state index contributed by atoms with van der Waals surface area (Å²) in [6, 6.07) is 0. The molecule has 5 heteroatoms. The fraction of sp³-hybridized carbons (Fsp3) is 0. The van der Waals surface area contributed by atoms with Crippen LogP contribution in [0, 0.1) is 5.21 Å². The van der Waals surface area contributed by atoms with E-state index in [9.17, 15) is 0 Å². The molecule has 0 rings (SSSR count). The topological polar surface area (TPSA) is 87.8 Å². The number of rotatable bonds is 1. The molecule has 0 aromatic carbocycles. The van der Waals surface area contributed by atoms with Gasteiger partial charge in [-0.3, -0.25) is 0 Å². The standard InChI is InChI=1S/CH4N4O/c2-3-1-4-5-6/h1,5H,2H2. The summed E-state index contributed by atoms with van der Waals surface area (Å²) >= 11 is 0. The van der Waals surface area contributed by atoms with Crippen LogP contribution in [-0.4, -0.2) is 6.34 Å². The molecule has 5 nitrogen and oxygen atoms in total. The van der Waals surface area contributed by atoms with E-state index in [1.807, 2.05) is 0 Å². The Labute approximate surface area is 34.1 Å². The third kappa shape index (κ3) is 2.87. The van der Waals surface area contributed by atoms with Crippen molar-refractivity contribution in [2.45, 2.75) is 0 Å². The van der Waals surface area contributed by atoms with E-state index in [0.29, 0.717) is 0 Å². The fourth-order valence-electron chi connectivity index (χ4n) is 0.0569. The average Bonchev–Trinajstić information content (AvgIpc) is 1.61. The van der Waals surface area contributed by atoms with Gasteiger partial charge in [0.1, 0.15) is 0 Å². The Bertz CT molecular complexity index is 55.9. The molecule has 0 fully saturated rings. The Morgan fingerprint density at radius 2 is 2.50 bits per heavy atom. The SMILES string of the molecule is NN=CN=[NH+][O-]. The molecule has 0 aliphatic rings. The Hall–Kier alpha value is -1.13. The molecule has 0 aliphatic heterocycles. The molecule has 34 valence electrons. The van der Waals surface area contributed by atoms with Crippen LogP contribution < -0.4 is 11.1 Å². The second kappa shape index (κ2) is 3.87. The van der Waals surface area contributed by atoms with Crippen molar-refractivity contribution < 1.29 is 5.28 Å². The first-order valence-electron chi connectivity index (χ1n) is 1.20. The summed E-state index contributed by atoms with van der Waals surface area (Å²) in [6.07, 6.45) is 0.910. The van der Waals surface area contributed by atoms with Crippen molar-refractivity contribution in [2.24, 2.45) is 16.1 Å². The Morgan fingerprint density at radius 3 is 2.67 bits per heavy atom. The molecular weight excluding hydrogens is 84.0 g/mol. The molecule has 0 atom stereocenters. The fourth-order valence-corrected chi connectivity index (χ4v) is 0.0569. The van der Waals surface area contributed by atoms with Gasteiger partial charge in [-0.2, -0.15) is 5.10 Å². The van der Waals surface area contributed by atoms with Gasteiger partial charge in [0.2, 0.25) is 6.34 Å². The normalized spacial score (nSPS) is 11.3. The van der Waals surface area contributed by atoms with E-state index < -0.39 is 0 Å². The molecule has 0 aromatic rings. The number of nitrogens with one attached hydrogen (secondary N) is 1. The van der Waals surface area contributed by atoms with Gasteiger partial charge in [0, 0.05) is 5.11 Å². The average molecular weight is 88.1 g/mol. The highest BCUT2D eigenvalue weighted by atomic mass is 16.5. The van der Waals surface area contributed by atoms with E-state index in [2.05, 4.69) is 16.1 Å². The summed E-state index contributed by atoms with van der Waals surface area (Å²) in [5, 5.41) is 16.1. The molecule has 0 bridgehead atoms. The number of hydrazone groups is 1. The van der Waals surface area contributed by atoms with Crippen LogP contribution in [0.3, 0.4) is 0 Å².